The van der Waals surface area contributed by atoms with E-state index in [9.17, 15) is 18.8 Å². The summed E-state index contributed by atoms with van der Waals surface area (Å²) in [5, 5.41) is 0.534. The minimum absolute atomic E-state index is 0.223. The van der Waals surface area contributed by atoms with Crippen LogP contribution in [0.3, 0.4) is 0 Å². The molecule has 39 heavy (non-hydrogen) atoms. The van der Waals surface area contributed by atoms with Gasteiger partial charge in [0.1, 0.15) is 17.3 Å². The molecular weight excluding hydrogens is 513 g/mol. The zero-order chi connectivity index (χ0) is 26.9. The minimum Gasteiger partial charge on any atom is -0.352 e. The highest BCUT2D eigenvalue weighted by atomic mass is 35.5. The summed E-state index contributed by atoms with van der Waals surface area (Å²) in [6.07, 6.45) is 3.71. The lowest BCUT2D eigenvalue weighted by atomic mass is 9.64. The fourth-order valence-electron chi connectivity index (χ4n) is 6.76. The summed E-state index contributed by atoms with van der Waals surface area (Å²) in [5.74, 6) is -2.19. The zero-order valence-electron chi connectivity index (χ0n) is 20.6. The van der Waals surface area contributed by atoms with Crippen LogP contribution < -0.4 is 4.90 Å². The second-order valence-electron chi connectivity index (χ2n) is 10.2. The highest BCUT2D eigenvalue weighted by Gasteiger charge is 2.71. The molecule has 7 rings (SSSR count). The van der Waals surface area contributed by atoms with Crippen LogP contribution in [-0.4, -0.2) is 29.4 Å². The molecule has 1 fully saturated rings. The summed E-state index contributed by atoms with van der Waals surface area (Å²) < 4.78 is 14.1. The topological polar surface area (TPSA) is 54.5 Å². The van der Waals surface area contributed by atoms with Gasteiger partial charge < -0.3 is 4.90 Å². The van der Waals surface area contributed by atoms with Crippen molar-refractivity contribution in [2.24, 2.45) is 5.41 Å². The first-order chi connectivity index (χ1) is 18.9. The maximum Gasteiger partial charge on any atom is 0.185 e. The summed E-state index contributed by atoms with van der Waals surface area (Å²) in [6, 6.07) is 25.2. The summed E-state index contributed by atoms with van der Waals surface area (Å²) in [7, 11) is 0. The van der Waals surface area contributed by atoms with Crippen molar-refractivity contribution in [2.45, 2.75) is 18.0 Å². The maximum absolute atomic E-state index is 14.5. The van der Waals surface area contributed by atoms with Crippen molar-refractivity contribution in [2.75, 3.05) is 4.90 Å². The van der Waals surface area contributed by atoms with E-state index >= 15 is 0 Å². The Morgan fingerprint density at radius 1 is 0.821 bits per heavy atom. The van der Waals surface area contributed by atoms with Crippen molar-refractivity contribution in [1.82, 2.24) is 0 Å². The summed E-state index contributed by atoms with van der Waals surface area (Å²) in [5.41, 5.74) is 1.58. The van der Waals surface area contributed by atoms with Crippen molar-refractivity contribution >= 4 is 40.7 Å². The molecule has 3 atom stereocenters. The number of nitrogens with zero attached hydrogens (tertiary/aromatic N) is 1. The lowest BCUT2D eigenvalue weighted by Gasteiger charge is -2.37. The lowest BCUT2D eigenvalue weighted by Crippen LogP contribution is -2.48. The molecule has 1 saturated heterocycles. The molecule has 0 unspecified atom stereocenters. The van der Waals surface area contributed by atoms with Gasteiger partial charge in [0.05, 0.1) is 6.04 Å². The molecule has 0 bridgehead atoms. The van der Waals surface area contributed by atoms with Crippen molar-refractivity contribution in [3.8, 4) is 0 Å². The Balaban J connectivity index is 1.55. The third-order valence-electron chi connectivity index (χ3n) is 8.32. The van der Waals surface area contributed by atoms with Crippen LogP contribution in [0.4, 0.5) is 10.1 Å². The van der Waals surface area contributed by atoms with Gasteiger partial charge in [-0.1, -0.05) is 90.5 Å². The fourth-order valence-corrected chi connectivity index (χ4v) is 6.94. The first-order valence-corrected chi connectivity index (χ1v) is 13.1. The van der Waals surface area contributed by atoms with Crippen molar-refractivity contribution in [3.63, 3.8) is 0 Å². The second kappa shape index (κ2) is 8.58. The van der Waals surface area contributed by atoms with E-state index in [1.165, 1.54) is 12.1 Å². The summed E-state index contributed by atoms with van der Waals surface area (Å²) in [4.78, 5) is 45.4. The first kappa shape index (κ1) is 23.7. The molecule has 2 aliphatic heterocycles. The fraction of sp³-hybridized carbons (Fsp3) is 0.121. The zero-order valence-corrected chi connectivity index (χ0v) is 21.3. The average Bonchev–Trinajstić information content (AvgIpc) is 3.39. The van der Waals surface area contributed by atoms with E-state index in [-0.39, 0.29) is 17.3 Å². The van der Waals surface area contributed by atoms with E-state index in [0.717, 1.165) is 5.56 Å². The van der Waals surface area contributed by atoms with E-state index in [1.807, 2.05) is 29.2 Å². The van der Waals surface area contributed by atoms with Gasteiger partial charge in [-0.25, -0.2) is 4.39 Å². The van der Waals surface area contributed by atoms with Crippen LogP contribution in [0.15, 0.2) is 103 Å². The van der Waals surface area contributed by atoms with Crippen LogP contribution in [0.2, 0.25) is 5.02 Å². The second-order valence-corrected chi connectivity index (χ2v) is 10.6. The monoisotopic (exact) mass is 533 g/mol. The van der Waals surface area contributed by atoms with Gasteiger partial charge in [0.15, 0.2) is 17.3 Å². The van der Waals surface area contributed by atoms with Gasteiger partial charge in [-0.15, -0.1) is 0 Å². The molecule has 1 spiro atoms. The lowest BCUT2D eigenvalue weighted by molar-refractivity contribution is 0.0666. The molecule has 0 N–H and O–H groups in total. The first-order valence-electron chi connectivity index (χ1n) is 12.7. The average molecular weight is 534 g/mol. The Labute approximate surface area is 229 Å². The number of hydrogen-bond acceptors (Lipinski definition) is 4. The molecule has 6 heteroatoms. The SMILES string of the molecule is O=C(c1ccccc1)[C@@H]1[C@H](c2ccc(F)cc2)C2(C(=O)c3ccccc3C2=O)[C@H]2C=Cc3cc(Cl)ccc3N12. The normalized spacial score (nSPS) is 22.1. The molecule has 4 nitrogen and oxygen atoms in total. The van der Waals surface area contributed by atoms with Gasteiger partial charge in [-0.3, -0.25) is 14.4 Å². The van der Waals surface area contributed by atoms with Gasteiger partial charge >= 0.3 is 0 Å². The van der Waals surface area contributed by atoms with Crippen LogP contribution in [0.5, 0.6) is 0 Å². The quantitative estimate of drug-likeness (QED) is 0.215. The Kier molecular flexibility index (Phi) is 5.23. The van der Waals surface area contributed by atoms with Crippen LogP contribution in [0.25, 0.3) is 6.08 Å². The van der Waals surface area contributed by atoms with Crippen molar-refractivity contribution in [3.05, 3.63) is 142 Å². The van der Waals surface area contributed by atoms with Crippen LogP contribution in [-0.2, 0) is 0 Å². The number of halogens is 2. The van der Waals surface area contributed by atoms with E-state index in [2.05, 4.69) is 0 Å². The maximum atomic E-state index is 14.5. The number of carbonyl (C=O) groups excluding carboxylic acids is 3. The number of carbonyl (C=O) groups is 3. The van der Waals surface area contributed by atoms with E-state index in [0.29, 0.717) is 33.0 Å². The van der Waals surface area contributed by atoms with Gasteiger partial charge in [-0.2, -0.15) is 0 Å². The van der Waals surface area contributed by atoms with Crippen molar-refractivity contribution in [1.29, 1.82) is 0 Å². The molecule has 0 saturated carbocycles. The number of rotatable bonds is 3. The largest absolute Gasteiger partial charge is 0.352 e. The highest BCUT2D eigenvalue weighted by Crippen LogP contribution is 2.61. The molecule has 3 aliphatic rings. The standard InChI is InChI=1S/C33H21ClFNO3/c34-22-13-16-26-21(18-22)12-17-27-33(31(38)24-8-4-5-9-25(24)32(33)39)28(19-10-14-23(35)15-11-19)29(36(26)27)30(37)20-6-2-1-3-7-20/h1-18,27-29H/t27-,28+,29+/m1/s1. The van der Waals surface area contributed by atoms with Crippen LogP contribution in [0, 0.1) is 11.2 Å². The predicted molar refractivity (Wildman–Crippen MR) is 148 cm³/mol. The van der Waals surface area contributed by atoms with Gasteiger partial charge in [0.2, 0.25) is 0 Å². The van der Waals surface area contributed by atoms with Crippen molar-refractivity contribution < 1.29 is 18.8 Å². The number of Topliss-reactive ketones (excluding diaryl/α,β-unsaturated/α-hetero) is 3. The van der Waals surface area contributed by atoms with E-state index in [4.69, 9.17) is 11.6 Å². The van der Waals surface area contributed by atoms with E-state index < -0.39 is 29.2 Å². The molecule has 190 valence electrons. The smallest absolute Gasteiger partial charge is 0.185 e. The molecule has 2 heterocycles. The predicted octanol–water partition coefficient (Wildman–Crippen LogP) is 6.80. The number of hydrogen-bond donors (Lipinski definition) is 0. The Hall–Kier alpha value is -4.35. The third-order valence-corrected chi connectivity index (χ3v) is 8.56. The summed E-state index contributed by atoms with van der Waals surface area (Å²) in [6.45, 7) is 0. The molecule has 0 amide bonds. The molecule has 0 aromatic heterocycles. The van der Waals surface area contributed by atoms with Crippen LogP contribution in [0.1, 0.15) is 48.1 Å². The number of anilines is 1. The third kappa shape index (κ3) is 3.20. The molecule has 4 aromatic rings. The molecule has 1 aliphatic carbocycles. The Morgan fingerprint density at radius 3 is 2.13 bits per heavy atom. The number of ketones is 3. The highest BCUT2D eigenvalue weighted by molar-refractivity contribution is 6.32. The van der Waals surface area contributed by atoms with Crippen LogP contribution >= 0.6 is 11.6 Å². The van der Waals surface area contributed by atoms with E-state index in [1.54, 1.807) is 72.8 Å². The van der Waals surface area contributed by atoms with Gasteiger partial charge in [-0.05, 0) is 41.5 Å². The number of fused-ring (bicyclic) bond motifs is 5. The molecule has 4 aromatic carbocycles. The van der Waals surface area contributed by atoms with Gasteiger partial charge in [0.25, 0.3) is 0 Å². The Morgan fingerprint density at radius 2 is 1.46 bits per heavy atom. The molecule has 0 radical (unpaired) electrons. The Bertz CT molecular complexity index is 1680. The molecular formula is C33H21ClFNO3. The van der Waals surface area contributed by atoms with Gasteiger partial charge in [0, 0.05) is 33.3 Å². The number of benzene rings is 4. The minimum atomic E-state index is -1.62. The summed E-state index contributed by atoms with van der Waals surface area (Å²) >= 11 is 6.32.